The lowest BCUT2D eigenvalue weighted by Crippen LogP contribution is -2.26. The van der Waals surface area contributed by atoms with E-state index in [0.717, 1.165) is 12.0 Å². The summed E-state index contributed by atoms with van der Waals surface area (Å²) in [5.41, 5.74) is 0.407. The Labute approximate surface area is 98.5 Å². The maximum Gasteiger partial charge on any atom is 0.0871 e. The summed E-state index contributed by atoms with van der Waals surface area (Å²) in [6.07, 6.45) is 7.57. The fourth-order valence-corrected chi connectivity index (χ4v) is 2.87. The van der Waals surface area contributed by atoms with Gasteiger partial charge in [0.05, 0.1) is 5.60 Å². The van der Waals surface area contributed by atoms with Gasteiger partial charge in [0.1, 0.15) is 0 Å². The SMILES string of the molecule is C[C@](O)(CC1CCCCC1)c1ccccc1. The molecule has 88 valence electrons. The molecule has 0 heterocycles. The molecule has 1 aromatic carbocycles. The first kappa shape index (κ1) is 11.7. The van der Waals surface area contributed by atoms with Gasteiger partial charge in [-0.15, -0.1) is 0 Å². The summed E-state index contributed by atoms with van der Waals surface area (Å²) in [5.74, 6) is 0.712. The number of benzene rings is 1. The van der Waals surface area contributed by atoms with Crippen molar-refractivity contribution < 1.29 is 5.11 Å². The third-order valence-corrected chi connectivity index (χ3v) is 3.81. The lowest BCUT2D eigenvalue weighted by atomic mass is 9.79. The Hall–Kier alpha value is -0.820. The summed E-state index contributed by atoms with van der Waals surface area (Å²) in [5, 5.41) is 10.5. The highest BCUT2D eigenvalue weighted by Crippen LogP contribution is 2.35. The molecule has 1 aromatic rings. The van der Waals surface area contributed by atoms with Crippen LogP contribution in [0.3, 0.4) is 0 Å². The van der Waals surface area contributed by atoms with Crippen LogP contribution in [0.4, 0.5) is 0 Å². The molecule has 1 N–H and O–H groups in total. The van der Waals surface area contributed by atoms with E-state index in [-0.39, 0.29) is 0 Å². The van der Waals surface area contributed by atoms with E-state index in [1.165, 1.54) is 32.1 Å². The first-order valence-corrected chi connectivity index (χ1v) is 6.46. The fourth-order valence-electron chi connectivity index (χ4n) is 2.87. The first-order chi connectivity index (χ1) is 7.68. The maximum atomic E-state index is 10.5. The lowest BCUT2D eigenvalue weighted by Gasteiger charge is -2.31. The highest BCUT2D eigenvalue weighted by Gasteiger charge is 2.27. The Morgan fingerprint density at radius 1 is 1.12 bits per heavy atom. The molecular formula is C15H22O. The van der Waals surface area contributed by atoms with Crippen LogP contribution in [0.2, 0.25) is 0 Å². The van der Waals surface area contributed by atoms with Gasteiger partial charge < -0.3 is 5.11 Å². The predicted octanol–water partition coefficient (Wildman–Crippen LogP) is 3.86. The van der Waals surface area contributed by atoms with Gasteiger partial charge in [0.2, 0.25) is 0 Å². The molecule has 0 bridgehead atoms. The van der Waals surface area contributed by atoms with Crippen molar-refractivity contribution in [1.82, 2.24) is 0 Å². The molecule has 1 aliphatic rings. The molecule has 16 heavy (non-hydrogen) atoms. The molecule has 1 aliphatic carbocycles. The Kier molecular flexibility index (Phi) is 3.65. The smallest absolute Gasteiger partial charge is 0.0871 e. The van der Waals surface area contributed by atoms with Crippen LogP contribution in [-0.4, -0.2) is 5.11 Å². The van der Waals surface area contributed by atoms with Gasteiger partial charge in [-0.25, -0.2) is 0 Å². The second-order valence-corrected chi connectivity index (χ2v) is 5.35. The maximum absolute atomic E-state index is 10.5. The normalized spacial score (nSPS) is 21.6. The quantitative estimate of drug-likeness (QED) is 0.816. The van der Waals surface area contributed by atoms with E-state index in [0.29, 0.717) is 5.92 Å². The van der Waals surface area contributed by atoms with E-state index in [4.69, 9.17) is 0 Å². The molecule has 2 rings (SSSR count). The molecule has 1 nitrogen and oxygen atoms in total. The van der Waals surface area contributed by atoms with Gasteiger partial charge >= 0.3 is 0 Å². The van der Waals surface area contributed by atoms with E-state index >= 15 is 0 Å². The van der Waals surface area contributed by atoms with Gasteiger partial charge in [0.15, 0.2) is 0 Å². The summed E-state index contributed by atoms with van der Waals surface area (Å²) >= 11 is 0. The zero-order chi connectivity index (χ0) is 11.4. The number of hydrogen-bond donors (Lipinski definition) is 1. The van der Waals surface area contributed by atoms with Crippen molar-refractivity contribution >= 4 is 0 Å². The standard InChI is InChI=1S/C15H22O/c1-15(16,14-10-6-3-7-11-14)12-13-8-4-2-5-9-13/h3,6-7,10-11,13,16H,2,4-5,8-9,12H2,1H3/t15-/m0/s1. The monoisotopic (exact) mass is 218 g/mol. The van der Waals surface area contributed by atoms with Crippen LogP contribution < -0.4 is 0 Å². The van der Waals surface area contributed by atoms with Crippen molar-refractivity contribution in [3.05, 3.63) is 35.9 Å². The Bertz CT molecular complexity index is 309. The van der Waals surface area contributed by atoms with Crippen molar-refractivity contribution in [3.63, 3.8) is 0 Å². The van der Waals surface area contributed by atoms with Gasteiger partial charge in [-0.1, -0.05) is 62.4 Å². The van der Waals surface area contributed by atoms with Crippen LogP contribution in [0.15, 0.2) is 30.3 Å². The number of rotatable bonds is 3. The summed E-state index contributed by atoms with van der Waals surface area (Å²) < 4.78 is 0. The van der Waals surface area contributed by atoms with Crippen molar-refractivity contribution in [2.45, 2.75) is 51.0 Å². The minimum absolute atomic E-state index is 0.650. The summed E-state index contributed by atoms with van der Waals surface area (Å²) in [6, 6.07) is 10.1. The van der Waals surface area contributed by atoms with Crippen LogP contribution in [0.1, 0.15) is 51.0 Å². The fraction of sp³-hybridized carbons (Fsp3) is 0.600. The van der Waals surface area contributed by atoms with Crippen molar-refractivity contribution in [2.24, 2.45) is 5.92 Å². The third-order valence-electron chi connectivity index (χ3n) is 3.81. The largest absolute Gasteiger partial charge is 0.385 e. The van der Waals surface area contributed by atoms with Crippen LogP contribution in [0.25, 0.3) is 0 Å². The van der Waals surface area contributed by atoms with E-state index in [2.05, 4.69) is 0 Å². The zero-order valence-corrected chi connectivity index (χ0v) is 10.2. The van der Waals surface area contributed by atoms with Crippen molar-refractivity contribution in [1.29, 1.82) is 0 Å². The third kappa shape index (κ3) is 2.85. The predicted molar refractivity (Wildman–Crippen MR) is 67.2 cm³/mol. The zero-order valence-electron chi connectivity index (χ0n) is 10.2. The highest BCUT2D eigenvalue weighted by molar-refractivity contribution is 5.21. The average Bonchev–Trinajstić information content (AvgIpc) is 2.31. The molecule has 0 spiro atoms. The first-order valence-electron chi connectivity index (χ1n) is 6.46. The minimum Gasteiger partial charge on any atom is -0.385 e. The van der Waals surface area contributed by atoms with Gasteiger partial charge in [-0.05, 0) is 24.8 Å². The van der Waals surface area contributed by atoms with Crippen LogP contribution in [0, 0.1) is 5.92 Å². The molecule has 0 aromatic heterocycles. The molecule has 0 aliphatic heterocycles. The average molecular weight is 218 g/mol. The molecule has 1 fully saturated rings. The second kappa shape index (κ2) is 5.01. The van der Waals surface area contributed by atoms with Gasteiger partial charge in [-0.3, -0.25) is 0 Å². The summed E-state index contributed by atoms with van der Waals surface area (Å²) in [7, 11) is 0. The van der Waals surface area contributed by atoms with Crippen molar-refractivity contribution in [3.8, 4) is 0 Å². The van der Waals surface area contributed by atoms with E-state index in [1.54, 1.807) is 0 Å². The molecule has 1 atom stereocenters. The molecule has 0 radical (unpaired) electrons. The summed E-state index contributed by atoms with van der Waals surface area (Å²) in [4.78, 5) is 0. The highest BCUT2D eigenvalue weighted by atomic mass is 16.3. The van der Waals surface area contributed by atoms with E-state index < -0.39 is 5.60 Å². The van der Waals surface area contributed by atoms with Crippen LogP contribution >= 0.6 is 0 Å². The molecule has 0 amide bonds. The van der Waals surface area contributed by atoms with E-state index in [1.807, 2.05) is 37.3 Å². The topological polar surface area (TPSA) is 20.2 Å². The van der Waals surface area contributed by atoms with Crippen molar-refractivity contribution in [2.75, 3.05) is 0 Å². The lowest BCUT2D eigenvalue weighted by molar-refractivity contribution is 0.0238. The van der Waals surface area contributed by atoms with Crippen LogP contribution in [-0.2, 0) is 5.60 Å². The number of aliphatic hydroxyl groups is 1. The minimum atomic E-state index is -0.650. The molecule has 1 heteroatoms. The molecule has 1 saturated carbocycles. The van der Waals surface area contributed by atoms with Gasteiger partial charge in [-0.2, -0.15) is 0 Å². The molecule has 0 saturated heterocycles. The van der Waals surface area contributed by atoms with Gasteiger partial charge in [0, 0.05) is 0 Å². The second-order valence-electron chi connectivity index (χ2n) is 5.35. The number of hydrogen-bond acceptors (Lipinski definition) is 1. The van der Waals surface area contributed by atoms with Gasteiger partial charge in [0.25, 0.3) is 0 Å². The Balaban J connectivity index is 2.01. The van der Waals surface area contributed by atoms with E-state index in [9.17, 15) is 5.11 Å². The Morgan fingerprint density at radius 2 is 1.75 bits per heavy atom. The Morgan fingerprint density at radius 3 is 2.38 bits per heavy atom. The summed E-state index contributed by atoms with van der Waals surface area (Å²) in [6.45, 7) is 1.96. The molecule has 0 unspecified atom stereocenters. The van der Waals surface area contributed by atoms with Crippen LogP contribution in [0.5, 0.6) is 0 Å². The molecular weight excluding hydrogens is 196 g/mol.